The van der Waals surface area contributed by atoms with Gasteiger partial charge < -0.3 is 10.2 Å². The van der Waals surface area contributed by atoms with E-state index in [0.717, 1.165) is 17.9 Å². The summed E-state index contributed by atoms with van der Waals surface area (Å²) in [6, 6.07) is 14.6. The fourth-order valence-electron chi connectivity index (χ4n) is 1.91. The highest BCUT2D eigenvalue weighted by Crippen LogP contribution is 2.25. The van der Waals surface area contributed by atoms with Gasteiger partial charge in [0.05, 0.1) is 11.4 Å². The minimum Gasteiger partial charge on any atom is -0.373 e. The minimum absolute atomic E-state index is 0.163. The maximum Gasteiger partial charge on any atom is 0.255 e. The molecule has 2 rings (SSSR count). The molecule has 0 unspecified atom stereocenters. The smallest absolute Gasteiger partial charge is 0.255 e. The molecule has 2 aromatic carbocycles. The number of hydrogen-bond acceptors (Lipinski definition) is 2. The molecule has 0 saturated carbocycles. The van der Waals surface area contributed by atoms with Crippen molar-refractivity contribution in [3.8, 4) is 0 Å². The highest BCUT2D eigenvalue weighted by atomic mass is 35.5. The molecule has 0 fully saturated rings. The largest absolute Gasteiger partial charge is 0.373 e. The van der Waals surface area contributed by atoms with Crippen molar-refractivity contribution in [1.29, 1.82) is 0 Å². The van der Waals surface area contributed by atoms with Crippen LogP contribution in [0, 0.1) is 0 Å². The van der Waals surface area contributed by atoms with Crippen LogP contribution >= 0.6 is 11.6 Å². The summed E-state index contributed by atoms with van der Waals surface area (Å²) in [5.41, 5.74) is 2.33. The Balaban J connectivity index is 2.24. The van der Waals surface area contributed by atoms with Gasteiger partial charge in [-0.05, 0) is 37.3 Å². The number of hydrogen-bond donors (Lipinski definition) is 1. The summed E-state index contributed by atoms with van der Waals surface area (Å²) in [6.45, 7) is 2.93. The molecule has 2 aromatic rings. The Morgan fingerprint density at radius 1 is 1.20 bits per heavy atom. The molecule has 0 atom stereocenters. The van der Waals surface area contributed by atoms with Gasteiger partial charge in [0.2, 0.25) is 0 Å². The van der Waals surface area contributed by atoms with Crippen LogP contribution in [0.15, 0.2) is 48.5 Å². The predicted octanol–water partition coefficient (Wildman–Crippen LogP) is 4.05. The van der Waals surface area contributed by atoms with E-state index in [9.17, 15) is 4.79 Å². The first kappa shape index (κ1) is 14.4. The van der Waals surface area contributed by atoms with E-state index in [1.807, 2.05) is 31.3 Å². The highest BCUT2D eigenvalue weighted by molar-refractivity contribution is 6.31. The summed E-state index contributed by atoms with van der Waals surface area (Å²) in [6.07, 6.45) is 0. The van der Waals surface area contributed by atoms with Gasteiger partial charge in [-0.25, -0.2) is 0 Å². The third kappa shape index (κ3) is 3.31. The molecule has 1 N–H and O–H groups in total. The van der Waals surface area contributed by atoms with Crippen LogP contribution in [0.3, 0.4) is 0 Å². The van der Waals surface area contributed by atoms with Crippen LogP contribution in [-0.2, 0) is 0 Å². The van der Waals surface area contributed by atoms with Crippen LogP contribution in [0.25, 0.3) is 0 Å². The molecule has 20 heavy (non-hydrogen) atoms. The lowest BCUT2D eigenvalue weighted by atomic mass is 10.2. The second-order valence-corrected chi connectivity index (χ2v) is 4.93. The number of para-hydroxylation sites is 2. The van der Waals surface area contributed by atoms with Crippen LogP contribution < -0.4 is 10.2 Å². The molecule has 1 amide bonds. The van der Waals surface area contributed by atoms with Crippen molar-refractivity contribution in [2.75, 3.05) is 23.8 Å². The molecule has 0 spiro atoms. The van der Waals surface area contributed by atoms with Gasteiger partial charge in [0.1, 0.15) is 0 Å². The average Bonchev–Trinajstić information content (AvgIpc) is 2.47. The van der Waals surface area contributed by atoms with Crippen LogP contribution in [-0.4, -0.2) is 19.5 Å². The standard InChI is InChI=1S/C16H17ClN2O/c1-3-19(2)15-10-5-4-9-14(15)18-16(20)12-7-6-8-13(17)11-12/h4-11H,3H2,1-2H3,(H,18,20). The number of carbonyl (C=O) groups is 1. The fraction of sp³-hybridized carbons (Fsp3) is 0.188. The number of carbonyl (C=O) groups excluding carboxylic acids is 1. The van der Waals surface area contributed by atoms with Gasteiger partial charge in [-0.15, -0.1) is 0 Å². The highest BCUT2D eigenvalue weighted by Gasteiger charge is 2.10. The first-order valence-electron chi connectivity index (χ1n) is 6.49. The molecule has 0 aliphatic rings. The van der Waals surface area contributed by atoms with E-state index in [1.165, 1.54) is 0 Å². The maximum absolute atomic E-state index is 12.2. The molecule has 0 aliphatic carbocycles. The molecule has 104 valence electrons. The van der Waals surface area contributed by atoms with Crippen molar-refractivity contribution in [2.24, 2.45) is 0 Å². The predicted molar refractivity (Wildman–Crippen MR) is 84.8 cm³/mol. The van der Waals surface area contributed by atoms with Crippen molar-refractivity contribution >= 4 is 28.9 Å². The summed E-state index contributed by atoms with van der Waals surface area (Å²) in [5, 5.41) is 3.48. The van der Waals surface area contributed by atoms with Gasteiger partial charge in [0.15, 0.2) is 0 Å². The Bertz CT molecular complexity index is 613. The number of amides is 1. The third-order valence-electron chi connectivity index (χ3n) is 3.12. The monoisotopic (exact) mass is 288 g/mol. The van der Waals surface area contributed by atoms with E-state index in [1.54, 1.807) is 24.3 Å². The SMILES string of the molecule is CCN(C)c1ccccc1NC(=O)c1cccc(Cl)c1. The van der Waals surface area contributed by atoms with Gasteiger partial charge in [-0.3, -0.25) is 4.79 Å². The van der Waals surface area contributed by atoms with E-state index in [0.29, 0.717) is 10.6 Å². The van der Waals surface area contributed by atoms with Crippen LogP contribution in [0.4, 0.5) is 11.4 Å². The number of nitrogens with zero attached hydrogens (tertiary/aromatic N) is 1. The van der Waals surface area contributed by atoms with Gasteiger partial charge >= 0.3 is 0 Å². The Morgan fingerprint density at radius 2 is 1.95 bits per heavy atom. The topological polar surface area (TPSA) is 32.3 Å². The molecule has 0 heterocycles. The zero-order chi connectivity index (χ0) is 14.5. The first-order chi connectivity index (χ1) is 9.61. The second kappa shape index (κ2) is 6.44. The first-order valence-corrected chi connectivity index (χ1v) is 6.86. The summed E-state index contributed by atoms with van der Waals surface area (Å²) >= 11 is 5.91. The molecular weight excluding hydrogens is 272 g/mol. The molecular formula is C16H17ClN2O. The summed E-state index contributed by atoms with van der Waals surface area (Å²) < 4.78 is 0. The molecule has 0 saturated heterocycles. The summed E-state index contributed by atoms with van der Waals surface area (Å²) in [4.78, 5) is 14.3. The Hall–Kier alpha value is -2.00. The lowest BCUT2D eigenvalue weighted by Gasteiger charge is -2.20. The Kier molecular flexibility index (Phi) is 4.64. The van der Waals surface area contributed by atoms with E-state index >= 15 is 0 Å². The number of anilines is 2. The molecule has 3 nitrogen and oxygen atoms in total. The molecule has 0 aliphatic heterocycles. The Labute approximate surface area is 124 Å². The van der Waals surface area contributed by atoms with Crippen molar-refractivity contribution in [2.45, 2.75) is 6.92 Å². The zero-order valence-electron chi connectivity index (χ0n) is 11.6. The van der Waals surface area contributed by atoms with Crippen molar-refractivity contribution < 1.29 is 4.79 Å². The van der Waals surface area contributed by atoms with E-state index in [4.69, 9.17) is 11.6 Å². The zero-order valence-corrected chi connectivity index (χ0v) is 12.3. The fourth-order valence-corrected chi connectivity index (χ4v) is 2.10. The lowest BCUT2D eigenvalue weighted by molar-refractivity contribution is 0.102. The van der Waals surface area contributed by atoms with E-state index < -0.39 is 0 Å². The second-order valence-electron chi connectivity index (χ2n) is 4.50. The van der Waals surface area contributed by atoms with Gasteiger partial charge in [-0.1, -0.05) is 29.8 Å². The number of nitrogens with one attached hydrogen (secondary N) is 1. The molecule has 0 bridgehead atoms. The lowest BCUT2D eigenvalue weighted by Crippen LogP contribution is -2.19. The van der Waals surface area contributed by atoms with Crippen molar-refractivity contribution in [3.05, 3.63) is 59.1 Å². The van der Waals surface area contributed by atoms with Crippen molar-refractivity contribution in [3.63, 3.8) is 0 Å². The van der Waals surface area contributed by atoms with E-state index in [-0.39, 0.29) is 5.91 Å². The summed E-state index contributed by atoms with van der Waals surface area (Å²) in [5.74, 6) is -0.163. The number of rotatable bonds is 4. The maximum atomic E-state index is 12.2. The third-order valence-corrected chi connectivity index (χ3v) is 3.36. The van der Waals surface area contributed by atoms with Crippen LogP contribution in [0.5, 0.6) is 0 Å². The van der Waals surface area contributed by atoms with Gasteiger partial charge in [0.25, 0.3) is 5.91 Å². The average molecular weight is 289 g/mol. The molecule has 0 radical (unpaired) electrons. The molecule has 0 aromatic heterocycles. The quantitative estimate of drug-likeness (QED) is 0.920. The van der Waals surface area contributed by atoms with Crippen molar-refractivity contribution in [1.82, 2.24) is 0 Å². The molecule has 4 heteroatoms. The van der Waals surface area contributed by atoms with E-state index in [2.05, 4.69) is 17.1 Å². The Morgan fingerprint density at radius 3 is 2.65 bits per heavy atom. The number of benzene rings is 2. The normalized spacial score (nSPS) is 10.2. The van der Waals surface area contributed by atoms with Gasteiger partial charge in [-0.2, -0.15) is 0 Å². The summed E-state index contributed by atoms with van der Waals surface area (Å²) in [7, 11) is 1.99. The minimum atomic E-state index is -0.163. The van der Waals surface area contributed by atoms with Crippen LogP contribution in [0.1, 0.15) is 17.3 Å². The number of halogens is 1. The van der Waals surface area contributed by atoms with Crippen LogP contribution in [0.2, 0.25) is 5.02 Å². The van der Waals surface area contributed by atoms with Gasteiger partial charge in [0, 0.05) is 24.2 Å².